The molecule has 0 unspecified atom stereocenters. The summed E-state index contributed by atoms with van der Waals surface area (Å²) >= 11 is 1.29. The standard InChI is InChI=1S/C45H50N6O3S/c52-43(29-47-44(53)37-12-2-1-3-13-37)51(31-36-11-6-16-40(27-36)42-32-55-49-48-42)30-35-10-5-14-38(26-35)39-15-7-17-41(28-39)45(54)50-24-20-34(21-25-50)9-4-8-33-18-22-46-23-19-33/h1-3,5-7,10-17,26-28,32-34,46H,4,8-9,18-25,29-31H2,(H,47,53). The van der Waals surface area contributed by atoms with E-state index in [1.54, 1.807) is 29.2 Å². The zero-order valence-corrected chi connectivity index (χ0v) is 32.2. The Morgan fingerprint density at radius 1 is 0.727 bits per heavy atom. The molecule has 3 heterocycles. The van der Waals surface area contributed by atoms with Gasteiger partial charge in [-0.1, -0.05) is 90.5 Å². The van der Waals surface area contributed by atoms with Gasteiger partial charge in [0.05, 0.1) is 6.54 Å². The third kappa shape index (κ3) is 10.5. The molecule has 0 radical (unpaired) electrons. The third-order valence-electron chi connectivity index (χ3n) is 11.1. The summed E-state index contributed by atoms with van der Waals surface area (Å²) in [4.78, 5) is 44.1. The molecule has 3 amide bonds. The van der Waals surface area contributed by atoms with Crippen molar-refractivity contribution in [3.63, 3.8) is 0 Å². The van der Waals surface area contributed by atoms with Crippen molar-refractivity contribution in [2.45, 2.75) is 58.0 Å². The van der Waals surface area contributed by atoms with Gasteiger partial charge in [-0.05, 0) is 121 Å². The highest BCUT2D eigenvalue weighted by molar-refractivity contribution is 7.03. The second kappa shape index (κ2) is 18.9. The van der Waals surface area contributed by atoms with Crippen LogP contribution in [0.2, 0.25) is 0 Å². The van der Waals surface area contributed by atoms with Crippen LogP contribution in [0, 0.1) is 11.8 Å². The predicted octanol–water partition coefficient (Wildman–Crippen LogP) is 7.85. The highest BCUT2D eigenvalue weighted by Crippen LogP contribution is 2.28. The van der Waals surface area contributed by atoms with E-state index in [-0.39, 0.29) is 24.3 Å². The SMILES string of the molecule is O=C(NCC(=O)N(Cc1cccc(-c2cccc(C(=O)N3CCC(CCCC4CCNCC4)CC3)c2)c1)Cc1cccc(-c2csnn2)c1)c1ccccc1. The first-order valence-corrected chi connectivity index (χ1v) is 20.5. The van der Waals surface area contributed by atoms with Gasteiger partial charge >= 0.3 is 0 Å². The Morgan fingerprint density at radius 3 is 2.04 bits per heavy atom. The first kappa shape index (κ1) is 38.1. The van der Waals surface area contributed by atoms with Gasteiger partial charge in [-0.2, -0.15) is 0 Å². The lowest BCUT2D eigenvalue weighted by Gasteiger charge is -2.32. The minimum Gasteiger partial charge on any atom is -0.343 e. The lowest BCUT2D eigenvalue weighted by molar-refractivity contribution is -0.131. The average Bonchev–Trinajstić information content (AvgIpc) is 3.79. The normalized spacial score (nSPS) is 15.1. The molecular formula is C45H50N6O3S. The number of aromatic nitrogens is 2. The third-order valence-corrected chi connectivity index (χ3v) is 11.6. The van der Waals surface area contributed by atoms with Gasteiger partial charge in [0.15, 0.2) is 0 Å². The van der Waals surface area contributed by atoms with Crippen molar-refractivity contribution >= 4 is 29.3 Å². The second-order valence-corrected chi connectivity index (χ2v) is 15.5. The molecule has 7 rings (SSSR count). The van der Waals surface area contributed by atoms with E-state index in [1.807, 2.05) is 83.1 Å². The van der Waals surface area contributed by atoms with Crippen molar-refractivity contribution in [1.82, 2.24) is 30.0 Å². The molecule has 0 bridgehead atoms. The number of amides is 3. The number of likely N-dealkylation sites (tertiary alicyclic amines) is 1. The van der Waals surface area contributed by atoms with E-state index in [4.69, 9.17) is 0 Å². The second-order valence-electron chi connectivity index (χ2n) is 14.9. The monoisotopic (exact) mass is 754 g/mol. The minimum atomic E-state index is -0.296. The minimum absolute atomic E-state index is 0.0937. The maximum absolute atomic E-state index is 13.8. The molecule has 284 valence electrons. The lowest BCUT2D eigenvalue weighted by atomic mass is 9.87. The molecule has 1 aromatic heterocycles. The zero-order valence-electron chi connectivity index (χ0n) is 31.4. The van der Waals surface area contributed by atoms with Gasteiger partial charge in [0.25, 0.3) is 11.8 Å². The maximum atomic E-state index is 13.8. The molecule has 0 aliphatic carbocycles. The number of carbonyl (C=O) groups is 3. The summed E-state index contributed by atoms with van der Waals surface area (Å²) in [6, 6.07) is 32.9. The first-order valence-electron chi connectivity index (χ1n) is 19.7. The Kier molecular flexibility index (Phi) is 13.1. The Bertz CT molecular complexity index is 2020. The number of nitrogens with zero attached hydrogens (tertiary/aromatic N) is 4. The van der Waals surface area contributed by atoms with Gasteiger partial charge in [-0.25, -0.2) is 0 Å². The first-order chi connectivity index (χ1) is 27.0. The quantitative estimate of drug-likeness (QED) is 0.120. The van der Waals surface area contributed by atoms with E-state index >= 15 is 0 Å². The molecular weight excluding hydrogens is 705 g/mol. The Morgan fingerprint density at radius 2 is 1.35 bits per heavy atom. The van der Waals surface area contributed by atoms with Crippen molar-refractivity contribution in [3.05, 3.63) is 131 Å². The van der Waals surface area contributed by atoms with Gasteiger partial charge in [0.2, 0.25) is 5.91 Å². The van der Waals surface area contributed by atoms with E-state index in [9.17, 15) is 14.4 Å². The number of hydrogen-bond acceptors (Lipinski definition) is 7. The molecule has 2 N–H and O–H groups in total. The molecule has 0 atom stereocenters. The van der Waals surface area contributed by atoms with Crippen LogP contribution in [-0.4, -0.2) is 69.8 Å². The number of benzene rings is 4. The van der Waals surface area contributed by atoms with Crippen molar-refractivity contribution in [2.24, 2.45) is 11.8 Å². The van der Waals surface area contributed by atoms with Gasteiger partial charge in [0.1, 0.15) is 5.69 Å². The van der Waals surface area contributed by atoms with Crippen molar-refractivity contribution in [3.8, 4) is 22.4 Å². The summed E-state index contributed by atoms with van der Waals surface area (Å²) in [5, 5.41) is 12.4. The van der Waals surface area contributed by atoms with Gasteiger partial charge in [-0.15, -0.1) is 5.10 Å². The number of nitrogens with one attached hydrogen (secondary N) is 2. The van der Waals surface area contributed by atoms with Crippen LogP contribution >= 0.6 is 11.5 Å². The van der Waals surface area contributed by atoms with E-state index in [2.05, 4.69) is 26.3 Å². The number of carbonyl (C=O) groups excluding carboxylic acids is 3. The van der Waals surface area contributed by atoms with E-state index < -0.39 is 0 Å². The Labute approximate surface area is 328 Å². The Balaban J connectivity index is 1.01. The van der Waals surface area contributed by atoms with Gasteiger partial charge in [-0.3, -0.25) is 14.4 Å². The van der Waals surface area contributed by atoms with Crippen LogP contribution in [0.1, 0.15) is 76.8 Å². The lowest BCUT2D eigenvalue weighted by Crippen LogP contribution is -2.39. The molecule has 5 aromatic rings. The highest BCUT2D eigenvalue weighted by Gasteiger charge is 2.24. The fourth-order valence-corrected chi connectivity index (χ4v) is 8.37. The summed E-state index contributed by atoms with van der Waals surface area (Å²) in [6.07, 6.45) is 8.71. The van der Waals surface area contributed by atoms with Crippen LogP contribution in [-0.2, 0) is 17.9 Å². The van der Waals surface area contributed by atoms with Crippen molar-refractivity contribution < 1.29 is 14.4 Å². The molecule has 0 spiro atoms. The van der Waals surface area contributed by atoms with Crippen molar-refractivity contribution in [1.29, 1.82) is 0 Å². The summed E-state index contributed by atoms with van der Waals surface area (Å²) in [5.41, 5.74) is 6.74. The number of hydrogen-bond donors (Lipinski definition) is 2. The molecule has 2 aliphatic rings. The van der Waals surface area contributed by atoms with Crippen LogP contribution in [0.25, 0.3) is 22.4 Å². The molecule has 2 saturated heterocycles. The summed E-state index contributed by atoms with van der Waals surface area (Å²) < 4.78 is 4.00. The zero-order chi connectivity index (χ0) is 37.8. The van der Waals surface area contributed by atoms with Crippen molar-refractivity contribution in [2.75, 3.05) is 32.7 Å². The predicted molar refractivity (Wildman–Crippen MR) is 218 cm³/mol. The van der Waals surface area contributed by atoms with Crippen LogP contribution < -0.4 is 10.6 Å². The maximum Gasteiger partial charge on any atom is 0.253 e. The fraction of sp³-hybridized carbons (Fsp3) is 0.356. The van der Waals surface area contributed by atoms with E-state index in [0.29, 0.717) is 30.1 Å². The molecule has 0 saturated carbocycles. The fourth-order valence-electron chi connectivity index (χ4n) is 7.91. The summed E-state index contributed by atoms with van der Waals surface area (Å²) in [7, 11) is 0. The highest BCUT2D eigenvalue weighted by atomic mass is 32.1. The molecule has 55 heavy (non-hydrogen) atoms. The van der Waals surface area contributed by atoms with E-state index in [0.717, 1.165) is 65.4 Å². The molecule has 2 fully saturated rings. The largest absolute Gasteiger partial charge is 0.343 e. The van der Waals surface area contributed by atoms with Gasteiger partial charge in [0, 0.05) is 48.2 Å². The van der Waals surface area contributed by atoms with Gasteiger partial charge < -0.3 is 20.4 Å². The Hall–Kier alpha value is -5.19. The van der Waals surface area contributed by atoms with Crippen LogP contribution in [0.4, 0.5) is 0 Å². The summed E-state index contributed by atoms with van der Waals surface area (Å²) in [6.45, 7) is 4.50. The number of piperidine rings is 2. The molecule has 2 aliphatic heterocycles. The van der Waals surface area contributed by atoms with Crippen LogP contribution in [0.3, 0.4) is 0 Å². The van der Waals surface area contributed by atoms with Crippen LogP contribution in [0.5, 0.6) is 0 Å². The van der Waals surface area contributed by atoms with Crippen LogP contribution in [0.15, 0.2) is 109 Å². The average molecular weight is 755 g/mol. The van der Waals surface area contributed by atoms with E-state index in [1.165, 1.54) is 56.7 Å². The molecule has 9 nitrogen and oxygen atoms in total. The molecule has 10 heteroatoms. The number of rotatable bonds is 14. The smallest absolute Gasteiger partial charge is 0.253 e. The molecule has 4 aromatic carbocycles. The topological polar surface area (TPSA) is 108 Å². The summed E-state index contributed by atoms with van der Waals surface area (Å²) in [5.74, 6) is 1.19.